The van der Waals surface area contributed by atoms with Crippen LogP contribution in [0.1, 0.15) is 326 Å². The number of hydrogen-bond donors (Lipinski definition) is 2. The van der Waals surface area contributed by atoms with E-state index in [4.69, 9.17) is 0 Å². The zero-order valence-corrected chi connectivity index (χ0v) is 43.9. The zero-order valence-electron chi connectivity index (χ0n) is 43.9. The molecule has 0 atom stereocenters. The molecule has 2 nitrogen and oxygen atoms in total. The van der Waals surface area contributed by atoms with E-state index in [0.29, 0.717) is 11.5 Å². The van der Waals surface area contributed by atoms with Crippen LogP contribution in [0.25, 0.3) is 0 Å². The van der Waals surface area contributed by atoms with Crippen LogP contribution in [0.3, 0.4) is 0 Å². The Morgan fingerprint density at radius 2 is 0.587 bits per heavy atom. The van der Waals surface area contributed by atoms with E-state index in [1.54, 1.807) is 0 Å². The van der Waals surface area contributed by atoms with Gasteiger partial charge in [0, 0.05) is 28.2 Å². The maximum atomic E-state index is 12.2. The van der Waals surface area contributed by atoms with Gasteiger partial charge in [0.05, 0.1) is 0 Å². The summed E-state index contributed by atoms with van der Waals surface area (Å²) in [5, 5.41) is 24.3. The number of phenols is 2. The van der Waals surface area contributed by atoms with Crippen molar-refractivity contribution in [3.8, 4) is 11.5 Å². The largest absolute Gasteiger partial charge is 0.507 e. The molecule has 0 heterocycles. The summed E-state index contributed by atoms with van der Waals surface area (Å²) in [5.74, 6) is 0.839. The van der Waals surface area contributed by atoms with Crippen molar-refractivity contribution >= 4 is 0 Å². The van der Waals surface area contributed by atoms with Gasteiger partial charge in [0.15, 0.2) is 0 Å². The smallest absolute Gasteiger partial charge is 0.123 e. The quantitative estimate of drug-likeness (QED) is 0.0654. The molecule has 0 aliphatic heterocycles. The summed E-state index contributed by atoms with van der Waals surface area (Å²) in [4.78, 5) is 0. The highest BCUT2D eigenvalue weighted by Crippen LogP contribution is 2.47. The molecule has 2 rings (SSSR count). The highest BCUT2D eigenvalue weighted by atomic mass is 16.3. The van der Waals surface area contributed by atoms with Crippen molar-refractivity contribution in [2.45, 2.75) is 317 Å². The van der Waals surface area contributed by atoms with Gasteiger partial charge in [-0.15, -0.1) is 0 Å². The van der Waals surface area contributed by atoms with Crippen molar-refractivity contribution in [2.75, 3.05) is 0 Å². The number of aromatic hydroxyl groups is 2. The summed E-state index contributed by atoms with van der Waals surface area (Å²) in [6.07, 6.45) is 49.2. The highest BCUT2D eigenvalue weighted by molar-refractivity contribution is 5.56. The van der Waals surface area contributed by atoms with Gasteiger partial charge in [0.25, 0.3) is 0 Å². The average molecular weight is 874 g/mol. The molecule has 0 fully saturated rings. The fourth-order valence-corrected chi connectivity index (χ4v) is 10.0. The molecule has 2 aromatic rings. The van der Waals surface area contributed by atoms with Crippen LogP contribution in [0.5, 0.6) is 11.5 Å². The minimum atomic E-state index is -0.131. The topological polar surface area (TPSA) is 40.5 Å². The van der Waals surface area contributed by atoms with Crippen molar-refractivity contribution in [2.24, 2.45) is 0 Å². The van der Waals surface area contributed by atoms with Crippen LogP contribution >= 0.6 is 0 Å². The fraction of sp³-hybridized carbons (Fsp3) is 0.803. The van der Waals surface area contributed by atoms with E-state index >= 15 is 0 Å². The molecule has 0 aliphatic rings. The first-order valence-corrected chi connectivity index (χ1v) is 28.2. The lowest BCUT2D eigenvalue weighted by molar-refractivity contribution is 0.412. The predicted molar refractivity (Wildman–Crippen MR) is 281 cm³/mol. The van der Waals surface area contributed by atoms with Crippen LogP contribution in [0.15, 0.2) is 24.3 Å². The number of benzene rings is 2. The Labute approximate surface area is 394 Å². The average Bonchev–Trinajstić information content (AvgIpc) is 3.27. The molecule has 63 heavy (non-hydrogen) atoms. The molecule has 0 bridgehead atoms. The molecule has 0 aliphatic carbocycles. The molecule has 0 saturated carbocycles. The summed E-state index contributed by atoms with van der Waals surface area (Å²) in [6.45, 7) is 20.4. The Morgan fingerprint density at radius 3 is 0.810 bits per heavy atom. The molecule has 0 spiro atoms. The van der Waals surface area contributed by atoms with E-state index in [2.05, 4.69) is 86.6 Å². The molecule has 0 unspecified atom stereocenters. The number of hydrogen-bond acceptors (Lipinski definition) is 2. The number of unbranched alkanes of at least 4 members (excludes halogenated alkanes) is 30. The molecular formula is C61H108O2. The Bertz CT molecular complexity index is 1310. The number of aryl methyl sites for hydroxylation is 2. The molecule has 0 amide bonds. The van der Waals surface area contributed by atoms with Gasteiger partial charge in [-0.2, -0.15) is 0 Å². The molecule has 2 heteroatoms. The first kappa shape index (κ1) is 57.2. The predicted octanol–water partition coefficient (Wildman–Crippen LogP) is 20.6. The van der Waals surface area contributed by atoms with Crippen molar-refractivity contribution in [1.29, 1.82) is 0 Å². The molecule has 2 N–H and O–H groups in total. The van der Waals surface area contributed by atoms with Crippen LogP contribution in [0, 0.1) is 0 Å². The van der Waals surface area contributed by atoms with Gasteiger partial charge >= 0.3 is 0 Å². The Kier molecular flexibility index (Phi) is 31.2. The SMILES string of the molecule is CCCCCCCCCCCCCCCCCCc1cc(C(CC)c2cc(CCCCCCCCCCCCCCCCCC)cc(C(C)(C)CC)c2O)c(O)c(C(C)(C)CC)c1. The van der Waals surface area contributed by atoms with Crippen molar-refractivity contribution < 1.29 is 10.2 Å². The van der Waals surface area contributed by atoms with E-state index < -0.39 is 0 Å². The molecule has 0 saturated heterocycles. The standard InChI is InChI=1S/C61H108O2/c1-10-15-17-19-21-23-25-27-29-31-33-35-37-39-41-43-45-51-47-54(58(62)56(49-51)60(6,7)13-4)53(12-3)55-48-52(50-57(59(55)63)61(8,9)14-5)46-44-42-40-38-36-34-32-30-28-26-24-22-20-18-16-11-2/h47-50,53,62-63H,10-46H2,1-9H3. The van der Waals surface area contributed by atoms with E-state index in [-0.39, 0.29) is 16.7 Å². The van der Waals surface area contributed by atoms with Gasteiger partial charge in [0.2, 0.25) is 0 Å². The third-order valence-electron chi connectivity index (χ3n) is 15.4. The van der Waals surface area contributed by atoms with E-state index in [0.717, 1.165) is 54.4 Å². The van der Waals surface area contributed by atoms with Gasteiger partial charge in [0.1, 0.15) is 11.5 Å². The van der Waals surface area contributed by atoms with Crippen LogP contribution in [-0.2, 0) is 23.7 Å². The Balaban J connectivity index is 2.01. The molecule has 364 valence electrons. The van der Waals surface area contributed by atoms with Crippen molar-refractivity contribution in [3.63, 3.8) is 0 Å². The summed E-state index contributed by atoms with van der Waals surface area (Å²) >= 11 is 0. The zero-order chi connectivity index (χ0) is 46.2. The second kappa shape index (κ2) is 34.4. The first-order valence-electron chi connectivity index (χ1n) is 28.2. The van der Waals surface area contributed by atoms with Gasteiger partial charge < -0.3 is 10.2 Å². The van der Waals surface area contributed by atoms with Crippen LogP contribution in [0.4, 0.5) is 0 Å². The van der Waals surface area contributed by atoms with E-state index in [1.807, 2.05) is 0 Å². The van der Waals surface area contributed by atoms with Gasteiger partial charge in [-0.1, -0.05) is 279 Å². The molecular weight excluding hydrogens is 765 g/mol. The van der Waals surface area contributed by atoms with Crippen LogP contribution in [-0.4, -0.2) is 10.2 Å². The molecule has 0 radical (unpaired) electrons. The lowest BCUT2D eigenvalue weighted by Gasteiger charge is -2.31. The van der Waals surface area contributed by atoms with E-state index in [1.165, 1.54) is 217 Å². The Morgan fingerprint density at radius 1 is 0.349 bits per heavy atom. The maximum absolute atomic E-state index is 12.2. The summed E-state index contributed by atoms with van der Waals surface area (Å²) in [6, 6.07) is 9.27. The fourth-order valence-electron chi connectivity index (χ4n) is 10.0. The van der Waals surface area contributed by atoms with Crippen LogP contribution < -0.4 is 0 Å². The van der Waals surface area contributed by atoms with Gasteiger partial charge in [-0.05, 0) is 66.9 Å². The van der Waals surface area contributed by atoms with Gasteiger partial charge in [-0.25, -0.2) is 0 Å². The lowest BCUT2D eigenvalue weighted by atomic mass is 9.75. The Hall–Kier alpha value is -1.96. The number of rotatable bonds is 41. The van der Waals surface area contributed by atoms with Crippen molar-refractivity contribution in [3.05, 3.63) is 57.6 Å². The summed E-state index contributed by atoms with van der Waals surface area (Å²) in [5.41, 5.74) is 6.61. The van der Waals surface area contributed by atoms with Crippen LogP contribution in [0.2, 0.25) is 0 Å². The monoisotopic (exact) mass is 873 g/mol. The minimum absolute atomic E-state index is 0.0562. The second-order valence-electron chi connectivity index (χ2n) is 21.7. The third kappa shape index (κ3) is 22.9. The number of phenolic OH excluding ortho intramolecular Hbond substituents is 2. The highest BCUT2D eigenvalue weighted by Gasteiger charge is 2.31. The summed E-state index contributed by atoms with van der Waals surface area (Å²) in [7, 11) is 0. The van der Waals surface area contributed by atoms with Gasteiger partial charge in [-0.3, -0.25) is 0 Å². The third-order valence-corrected chi connectivity index (χ3v) is 15.4. The maximum Gasteiger partial charge on any atom is 0.123 e. The minimum Gasteiger partial charge on any atom is -0.507 e. The van der Waals surface area contributed by atoms with Crippen molar-refractivity contribution in [1.82, 2.24) is 0 Å². The van der Waals surface area contributed by atoms with E-state index in [9.17, 15) is 10.2 Å². The molecule has 2 aromatic carbocycles. The normalized spacial score (nSPS) is 12.3. The summed E-state index contributed by atoms with van der Waals surface area (Å²) < 4.78 is 0. The molecule has 0 aromatic heterocycles. The first-order chi connectivity index (χ1) is 30.5. The lowest BCUT2D eigenvalue weighted by Crippen LogP contribution is -2.19. The second-order valence-corrected chi connectivity index (χ2v) is 21.7.